The molecule has 0 aliphatic heterocycles. The van der Waals surface area contributed by atoms with Crippen LogP contribution in [0.4, 0.5) is 5.69 Å². The van der Waals surface area contributed by atoms with Crippen molar-refractivity contribution in [3.05, 3.63) is 28.8 Å². The zero-order chi connectivity index (χ0) is 14.6. The maximum atomic E-state index is 11.8. The second kappa shape index (κ2) is 6.05. The average molecular weight is 286 g/mol. The van der Waals surface area contributed by atoms with E-state index in [4.69, 9.17) is 28.2 Å². The van der Waals surface area contributed by atoms with Crippen LogP contribution in [0.3, 0.4) is 0 Å². The molecule has 19 heavy (non-hydrogen) atoms. The molecule has 6 N–H and O–H groups in total. The molecule has 0 spiro atoms. The van der Waals surface area contributed by atoms with Gasteiger partial charge in [0.05, 0.1) is 17.1 Å². The van der Waals surface area contributed by atoms with Gasteiger partial charge in [0, 0.05) is 5.56 Å². The smallest absolute Gasteiger partial charge is 0.326 e. The summed E-state index contributed by atoms with van der Waals surface area (Å²) < 4.78 is 0. The highest BCUT2D eigenvalue weighted by Gasteiger charge is 2.22. The highest BCUT2D eigenvalue weighted by atomic mass is 35.5. The van der Waals surface area contributed by atoms with Gasteiger partial charge in [-0.2, -0.15) is 0 Å². The van der Waals surface area contributed by atoms with Gasteiger partial charge in [-0.05, 0) is 18.2 Å². The van der Waals surface area contributed by atoms with E-state index in [0.717, 1.165) is 0 Å². The maximum absolute atomic E-state index is 11.8. The Hall–Kier alpha value is -2.28. The second-order valence-corrected chi connectivity index (χ2v) is 4.18. The number of primary amides is 1. The van der Waals surface area contributed by atoms with E-state index in [1.165, 1.54) is 18.2 Å². The number of hydrogen-bond donors (Lipinski definition) is 4. The number of halogens is 1. The first-order chi connectivity index (χ1) is 8.81. The molecule has 1 aromatic rings. The molecule has 1 aromatic carbocycles. The fourth-order valence-electron chi connectivity index (χ4n) is 1.33. The Labute approximate surface area is 113 Å². The van der Waals surface area contributed by atoms with Crippen LogP contribution in [0.25, 0.3) is 0 Å². The Kier molecular flexibility index (Phi) is 4.71. The minimum Gasteiger partial charge on any atom is -0.480 e. The van der Waals surface area contributed by atoms with Gasteiger partial charge in [0.25, 0.3) is 5.91 Å². The molecule has 0 heterocycles. The number of amides is 2. The molecule has 8 heteroatoms. The summed E-state index contributed by atoms with van der Waals surface area (Å²) in [5, 5.41) is 11.3. The van der Waals surface area contributed by atoms with E-state index in [1.807, 2.05) is 0 Å². The van der Waals surface area contributed by atoms with Gasteiger partial charge in [-0.15, -0.1) is 0 Å². The number of benzene rings is 1. The van der Waals surface area contributed by atoms with Gasteiger partial charge in [0.2, 0.25) is 5.91 Å². The SMILES string of the molecule is NC(=O)C[C@@H](NC(=O)c1ccc(Cl)c(N)c1)C(=O)O. The summed E-state index contributed by atoms with van der Waals surface area (Å²) >= 11 is 5.70. The molecule has 1 rings (SSSR count). The molecule has 7 nitrogen and oxygen atoms in total. The third-order valence-electron chi connectivity index (χ3n) is 2.27. The first-order valence-corrected chi connectivity index (χ1v) is 5.56. The Bertz CT molecular complexity index is 533. The number of nitrogen functional groups attached to an aromatic ring is 1. The molecule has 0 radical (unpaired) electrons. The maximum Gasteiger partial charge on any atom is 0.326 e. The first-order valence-electron chi connectivity index (χ1n) is 5.18. The number of carboxylic acid groups (broad SMARTS) is 1. The number of nitrogens with one attached hydrogen (secondary N) is 1. The molecule has 102 valence electrons. The molecular formula is C11H12ClN3O4. The van der Waals surface area contributed by atoms with Crippen molar-refractivity contribution in [1.82, 2.24) is 5.32 Å². The number of rotatable bonds is 5. The van der Waals surface area contributed by atoms with Crippen molar-refractivity contribution in [3.63, 3.8) is 0 Å². The number of carbonyl (C=O) groups excluding carboxylic acids is 2. The highest BCUT2D eigenvalue weighted by Crippen LogP contribution is 2.19. The van der Waals surface area contributed by atoms with Gasteiger partial charge < -0.3 is 21.9 Å². The van der Waals surface area contributed by atoms with E-state index in [1.54, 1.807) is 0 Å². The lowest BCUT2D eigenvalue weighted by atomic mass is 10.1. The van der Waals surface area contributed by atoms with E-state index in [2.05, 4.69) is 5.32 Å². The number of aliphatic carboxylic acids is 1. The predicted octanol–water partition coefficient (Wildman–Crippen LogP) is -0.0194. The van der Waals surface area contributed by atoms with Crippen LogP contribution in [0.15, 0.2) is 18.2 Å². The van der Waals surface area contributed by atoms with Gasteiger partial charge in [0.15, 0.2) is 0 Å². The van der Waals surface area contributed by atoms with E-state index in [9.17, 15) is 14.4 Å². The fraction of sp³-hybridized carbons (Fsp3) is 0.182. The van der Waals surface area contributed by atoms with Crippen LogP contribution in [0.2, 0.25) is 5.02 Å². The van der Waals surface area contributed by atoms with E-state index >= 15 is 0 Å². The molecule has 0 saturated heterocycles. The van der Waals surface area contributed by atoms with Crippen LogP contribution >= 0.6 is 11.6 Å². The standard InChI is InChI=1S/C11H12ClN3O4/c12-6-2-1-5(3-7(6)13)10(17)15-8(11(18)19)4-9(14)16/h1-3,8H,4,13H2,(H2,14,16)(H,15,17)(H,18,19)/t8-/m1/s1. The molecule has 0 aliphatic carbocycles. The summed E-state index contributed by atoms with van der Waals surface area (Å²) in [5.41, 5.74) is 10.8. The lowest BCUT2D eigenvalue weighted by Gasteiger charge is -2.13. The molecule has 0 fully saturated rings. The van der Waals surface area contributed by atoms with Crippen LogP contribution in [-0.4, -0.2) is 28.9 Å². The number of nitrogens with two attached hydrogens (primary N) is 2. The molecule has 2 amide bonds. The van der Waals surface area contributed by atoms with Crippen LogP contribution in [0.5, 0.6) is 0 Å². The fourth-order valence-corrected chi connectivity index (χ4v) is 1.45. The molecular weight excluding hydrogens is 274 g/mol. The van der Waals surface area contributed by atoms with Gasteiger partial charge >= 0.3 is 5.97 Å². The summed E-state index contributed by atoms with van der Waals surface area (Å²) in [4.78, 5) is 33.3. The normalized spacial score (nSPS) is 11.6. The van der Waals surface area contributed by atoms with Gasteiger partial charge in [-0.25, -0.2) is 4.79 Å². The molecule has 0 aliphatic rings. The lowest BCUT2D eigenvalue weighted by Crippen LogP contribution is -2.43. The predicted molar refractivity (Wildman–Crippen MR) is 68.6 cm³/mol. The van der Waals surface area contributed by atoms with Crippen molar-refractivity contribution < 1.29 is 19.5 Å². The number of anilines is 1. The minimum atomic E-state index is -1.39. The average Bonchev–Trinajstić information content (AvgIpc) is 2.31. The third kappa shape index (κ3) is 4.14. The Morgan fingerprint density at radius 3 is 2.47 bits per heavy atom. The van der Waals surface area contributed by atoms with Crippen molar-refractivity contribution in [2.75, 3.05) is 5.73 Å². The topological polar surface area (TPSA) is 136 Å². The molecule has 0 saturated carbocycles. The van der Waals surface area contributed by atoms with E-state index < -0.39 is 30.2 Å². The summed E-state index contributed by atoms with van der Waals surface area (Å²) in [6.45, 7) is 0. The van der Waals surface area contributed by atoms with E-state index in [0.29, 0.717) is 0 Å². The molecule has 0 aromatic heterocycles. The summed E-state index contributed by atoms with van der Waals surface area (Å²) in [5.74, 6) is -2.87. The summed E-state index contributed by atoms with van der Waals surface area (Å²) in [7, 11) is 0. The van der Waals surface area contributed by atoms with E-state index in [-0.39, 0.29) is 16.3 Å². The van der Waals surface area contributed by atoms with Gasteiger partial charge in [0.1, 0.15) is 6.04 Å². The van der Waals surface area contributed by atoms with Crippen LogP contribution in [0, 0.1) is 0 Å². The minimum absolute atomic E-state index is 0.137. The van der Waals surface area contributed by atoms with Crippen molar-refractivity contribution in [1.29, 1.82) is 0 Å². The molecule has 0 bridgehead atoms. The zero-order valence-corrected chi connectivity index (χ0v) is 10.5. The zero-order valence-electron chi connectivity index (χ0n) is 9.72. The second-order valence-electron chi connectivity index (χ2n) is 3.77. The quantitative estimate of drug-likeness (QED) is 0.564. The Balaban J connectivity index is 2.84. The summed E-state index contributed by atoms with van der Waals surface area (Å²) in [6.07, 6.45) is -0.496. The van der Waals surface area contributed by atoms with Crippen molar-refractivity contribution >= 4 is 35.1 Å². The number of carboxylic acids is 1. The monoisotopic (exact) mass is 285 g/mol. The molecule has 1 atom stereocenters. The summed E-state index contributed by atoms with van der Waals surface area (Å²) in [6, 6.07) is 2.72. The number of hydrogen-bond acceptors (Lipinski definition) is 4. The third-order valence-corrected chi connectivity index (χ3v) is 2.61. The van der Waals surface area contributed by atoms with Crippen LogP contribution in [-0.2, 0) is 9.59 Å². The largest absolute Gasteiger partial charge is 0.480 e. The van der Waals surface area contributed by atoms with Crippen molar-refractivity contribution in [3.8, 4) is 0 Å². The lowest BCUT2D eigenvalue weighted by molar-refractivity contribution is -0.140. The van der Waals surface area contributed by atoms with Gasteiger partial charge in [-0.3, -0.25) is 9.59 Å². The Morgan fingerprint density at radius 1 is 1.37 bits per heavy atom. The van der Waals surface area contributed by atoms with Crippen molar-refractivity contribution in [2.24, 2.45) is 5.73 Å². The highest BCUT2D eigenvalue weighted by molar-refractivity contribution is 6.33. The van der Waals surface area contributed by atoms with Gasteiger partial charge in [-0.1, -0.05) is 11.6 Å². The van der Waals surface area contributed by atoms with Crippen LogP contribution < -0.4 is 16.8 Å². The van der Waals surface area contributed by atoms with Crippen LogP contribution in [0.1, 0.15) is 16.8 Å². The number of carbonyl (C=O) groups is 3. The first kappa shape index (κ1) is 14.8. The molecule has 0 unspecified atom stereocenters. The van der Waals surface area contributed by atoms with Crippen molar-refractivity contribution in [2.45, 2.75) is 12.5 Å². The Morgan fingerprint density at radius 2 is 2.00 bits per heavy atom.